The van der Waals surface area contributed by atoms with Gasteiger partial charge in [-0.25, -0.2) is 14.3 Å². The Labute approximate surface area is 173 Å². The van der Waals surface area contributed by atoms with Crippen molar-refractivity contribution in [3.8, 4) is 0 Å². The lowest BCUT2D eigenvalue weighted by Gasteiger charge is -2.49. The van der Waals surface area contributed by atoms with Crippen molar-refractivity contribution < 1.29 is 24.3 Å². The van der Waals surface area contributed by atoms with Gasteiger partial charge in [0.2, 0.25) is 11.1 Å². The average Bonchev–Trinajstić information content (AvgIpc) is 3.39. The molecule has 3 saturated heterocycles. The number of hydrogen-bond donors (Lipinski definition) is 3. The first-order valence-electron chi connectivity index (χ1n) is 9.41. The Balaban J connectivity index is 1.39. The Hall–Kier alpha value is -3.16. The van der Waals surface area contributed by atoms with Crippen LogP contribution in [0.2, 0.25) is 0 Å². The van der Waals surface area contributed by atoms with Gasteiger partial charge in [0.25, 0.3) is 5.91 Å². The molecule has 5 heterocycles. The SMILES string of the molecule is Cn1nnnc1SC1=C(C(=O)O)N2C(=O)[C@@H]3[C@H]2[C@H](C1)CN3C(=O)N[C@H]1CCNC1=O. The summed E-state index contributed by atoms with van der Waals surface area (Å²) in [4.78, 5) is 52.6. The van der Waals surface area contributed by atoms with Gasteiger partial charge in [0, 0.05) is 31.0 Å². The number of rotatable bonds is 4. The van der Waals surface area contributed by atoms with Crippen LogP contribution in [-0.4, -0.2) is 90.1 Å². The first kappa shape index (κ1) is 18.8. The second kappa shape index (κ2) is 6.68. The highest BCUT2D eigenvalue weighted by atomic mass is 32.2. The number of thioether (sulfide) groups is 1. The van der Waals surface area contributed by atoms with Crippen molar-refractivity contribution in [3.05, 3.63) is 10.6 Å². The highest BCUT2D eigenvalue weighted by Gasteiger charge is 2.64. The van der Waals surface area contributed by atoms with Crippen LogP contribution >= 0.6 is 11.8 Å². The van der Waals surface area contributed by atoms with E-state index in [1.165, 1.54) is 14.5 Å². The molecule has 3 N–H and O–H groups in total. The molecule has 30 heavy (non-hydrogen) atoms. The average molecular weight is 434 g/mol. The fraction of sp³-hybridized carbons (Fsp3) is 0.562. The molecule has 0 aliphatic carbocycles. The molecule has 158 valence electrons. The Kier molecular flexibility index (Phi) is 4.20. The summed E-state index contributed by atoms with van der Waals surface area (Å²) in [7, 11) is 1.64. The largest absolute Gasteiger partial charge is 0.477 e. The van der Waals surface area contributed by atoms with Gasteiger partial charge in [-0.3, -0.25) is 14.5 Å². The number of carbonyl (C=O) groups excluding carboxylic acids is 3. The minimum Gasteiger partial charge on any atom is -0.477 e. The predicted octanol–water partition coefficient (Wildman–Crippen LogP) is -1.89. The minimum absolute atomic E-state index is 0.0806. The Morgan fingerprint density at radius 3 is 2.77 bits per heavy atom. The Bertz CT molecular complexity index is 1010. The van der Waals surface area contributed by atoms with E-state index < -0.39 is 30.0 Å². The number of aliphatic carboxylic acids is 1. The number of carbonyl (C=O) groups is 4. The van der Waals surface area contributed by atoms with Crippen LogP contribution in [0.5, 0.6) is 0 Å². The number of urea groups is 1. The normalized spacial score (nSPS) is 29.6. The second-order valence-corrected chi connectivity index (χ2v) is 8.67. The third-order valence-electron chi connectivity index (χ3n) is 5.92. The number of carboxylic acids is 1. The standard InChI is InChI=1S/C16H18N8O5S/c1-22-16(19-20-21-22)30-8-4-6-5-23(15(29)18-7-2-3-17-12(7)25)11-9(6)24(13(11)26)10(8)14(27)28/h6-7,9,11H,2-5H2,1H3,(H,17,25)(H,18,29)(H,27,28)/t6-,7+,9-,11+/m1/s1. The number of allylic oxidation sites excluding steroid dienone is 1. The van der Waals surface area contributed by atoms with Gasteiger partial charge >= 0.3 is 12.0 Å². The van der Waals surface area contributed by atoms with Crippen molar-refractivity contribution in [3.63, 3.8) is 0 Å². The van der Waals surface area contributed by atoms with Crippen LogP contribution in [0.4, 0.5) is 4.79 Å². The van der Waals surface area contributed by atoms with Crippen LogP contribution in [0.1, 0.15) is 12.8 Å². The van der Waals surface area contributed by atoms with Gasteiger partial charge in [-0.15, -0.1) is 5.10 Å². The third kappa shape index (κ3) is 2.66. The topological polar surface area (TPSA) is 163 Å². The second-order valence-electron chi connectivity index (χ2n) is 7.61. The van der Waals surface area contributed by atoms with E-state index in [1.807, 2.05) is 0 Å². The van der Waals surface area contributed by atoms with Gasteiger partial charge < -0.3 is 20.6 Å². The van der Waals surface area contributed by atoms with Gasteiger partial charge in [0.15, 0.2) is 0 Å². The molecule has 5 rings (SSSR count). The van der Waals surface area contributed by atoms with Crippen LogP contribution < -0.4 is 10.6 Å². The summed E-state index contributed by atoms with van der Waals surface area (Å²) >= 11 is 1.11. The molecule has 4 aliphatic rings. The van der Waals surface area contributed by atoms with Crippen molar-refractivity contribution in [2.75, 3.05) is 13.1 Å². The lowest BCUT2D eigenvalue weighted by atomic mass is 9.82. The quantitative estimate of drug-likeness (QED) is 0.460. The van der Waals surface area contributed by atoms with Crippen LogP contribution in [0, 0.1) is 5.92 Å². The molecule has 4 aliphatic heterocycles. The molecule has 0 unspecified atom stereocenters. The van der Waals surface area contributed by atoms with Crippen LogP contribution in [0.3, 0.4) is 0 Å². The van der Waals surface area contributed by atoms with E-state index in [1.54, 1.807) is 7.05 Å². The Morgan fingerprint density at radius 2 is 2.13 bits per heavy atom. The maximum Gasteiger partial charge on any atom is 0.353 e. The molecule has 4 atom stereocenters. The van der Waals surface area contributed by atoms with Crippen LogP contribution in [0.15, 0.2) is 15.8 Å². The highest BCUT2D eigenvalue weighted by Crippen LogP contribution is 2.50. The summed E-state index contributed by atoms with van der Waals surface area (Å²) in [5.41, 5.74) is -0.0806. The van der Waals surface area contributed by atoms with Gasteiger partial charge in [-0.1, -0.05) is 11.8 Å². The number of nitrogens with zero attached hydrogens (tertiary/aromatic N) is 6. The maximum atomic E-state index is 12.9. The highest BCUT2D eigenvalue weighted by molar-refractivity contribution is 8.03. The van der Waals surface area contributed by atoms with Crippen molar-refractivity contribution in [2.45, 2.75) is 36.1 Å². The number of likely N-dealkylation sites (tertiary alicyclic amines) is 1. The van der Waals surface area contributed by atoms with E-state index in [0.29, 0.717) is 36.0 Å². The number of amides is 4. The smallest absolute Gasteiger partial charge is 0.353 e. The van der Waals surface area contributed by atoms with Crippen LogP contribution in [0.25, 0.3) is 0 Å². The molecule has 1 aromatic rings. The van der Waals surface area contributed by atoms with Crippen molar-refractivity contribution >= 4 is 35.6 Å². The van der Waals surface area contributed by atoms with E-state index in [9.17, 15) is 24.3 Å². The van der Waals surface area contributed by atoms with Crippen molar-refractivity contribution in [1.29, 1.82) is 0 Å². The van der Waals surface area contributed by atoms with Crippen molar-refractivity contribution in [2.24, 2.45) is 13.0 Å². The summed E-state index contributed by atoms with van der Waals surface area (Å²) < 4.78 is 1.42. The molecule has 4 amide bonds. The molecule has 13 nitrogen and oxygen atoms in total. The minimum atomic E-state index is -1.21. The molecule has 0 bridgehead atoms. The number of tetrazole rings is 1. The van der Waals surface area contributed by atoms with Crippen LogP contribution in [-0.2, 0) is 21.4 Å². The number of aromatic nitrogens is 4. The van der Waals surface area contributed by atoms with Gasteiger partial charge in [0.1, 0.15) is 17.8 Å². The lowest BCUT2D eigenvalue weighted by molar-refractivity contribution is -0.155. The molecule has 0 radical (unpaired) electrons. The fourth-order valence-electron chi connectivity index (χ4n) is 4.57. The fourth-order valence-corrected chi connectivity index (χ4v) is 5.62. The predicted molar refractivity (Wildman–Crippen MR) is 98.5 cm³/mol. The zero-order valence-corrected chi connectivity index (χ0v) is 16.6. The zero-order chi connectivity index (χ0) is 21.2. The number of nitrogens with one attached hydrogen (secondary N) is 2. The van der Waals surface area contributed by atoms with E-state index in [0.717, 1.165) is 11.8 Å². The molecular formula is C16H18N8O5S. The summed E-state index contributed by atoms with van der Waals surface area (Å²) in [6, 6.07) is -2.19. The zero-order valence-electron chi connectivity index (χ0n) is 15.8. The van der Waals surface area contributed by atoms with Gasteiger partial charge in [-0.2, -0.15) is 0 Å². The van der Waals surface area contributed by atoms with E-state index >= 15 is 0 Å². The summed E-state index contributed by atoms with van der Waals surface area (Å²) in [6.45, 7) is 0.792. The number of aryl methyl sites for hydroxylation is 1. The molecular weight excluding hydrogens is 416 g/mol. The summed E-state index contributed by atoms with van der Waals surface area (Å²) in [5.74, 6) is -1.99. The monoisotopic (exact) mass is 434 g/mol. The first-order chi connectivity index (χ1) is 14.4. The molecule has 0 spiro atoms. The number of carboxylic acid groups (broad SMARTS) is 1. The number of hydrogen-bond acceptors (Lipinski definition) is 8. The van der Waals surface area contributed by atoms with Crippen molar-refractivity contribution in [1.82, 2.24) is 40.6 Å². The van der Waals surface area contributed by atoms with E-state index in [-0.39, 0.29) is 23.6 Å². The maximum absolute atomic E-state index is 12.9. The van der Waals surface area contributed by atoms with Gasteiger partial charge in [-0.05, 0) is 23.3 Å². The third-order valence-corrected chi connectivity index (χ3v) is 7.06. The Morgan fingerprint density at radius 1 is 1.33 bits per heavy atom. The molecule has 0 saturated carbocycles. The van der Waals surface area contributed by atoms with Gasteiger partial charge in [0.05, 0.1) is 6.04 Å². The van der Waals surface area contributed by atoms with E-state index in [2.05, 4.69) is 26.2 Å². The van der Waals surface area contributed by atoms with E-state index in [4.69, 9.17) is 0 Å². The summed E-state index contributed by atoms with van der Waals surface area (Å²) in [5, 5.41) is 26.7. The molecule has 3 fully saturated rings. The number of β-lactam (4-membered cyclic amide) rings is 1. The summed E-state index contributed by atoms with van der Waals surface area (Å²) in [6.07, 6.45) is 0.880. The lowest BCUT2D eigenvalue weighted by Crippen LogP contribution is -2.70. The molecule has 14 heteroatoms. The molecule has 1 aromatic heterocycles. The molecule has 0 aromatic carbocycles. The first-order valence-corrected chi connectivity index (χ1v) is 10.2.